The van der Waals surface area contributed by atoms with E-state index in [4.69, 9.17) is 9.72 Å². The molecule has 2 fully saturated rings. The van der Waals surface area contributed by atoms with E-state index in [0.29, 0.717) is 18.0 Å². The number of hydrogen-bond donors (Lipinski definition) is 2. The van der Waals surface area contributed by atoms with Crippen LogP contribution < -0.4 is 10.6 Å². The average molecular weight is 345 g/mol. The van der Waals surface area contributed by atoms with Gasteiger partial charge in [-0.1, -0.05) is 0 Å². The number of fused-ring (bicyclic) bond motifs is 1. The van der Waals surface area contributed by atoms with E-state index in [2.05, 4.69) is 43.9 Å². The Morgan fingerprint density at radius 2 is 2.04 bits per heavy atom. The number of morpholine rings is 1. The predicted molar refractivity (Wildman–Crippen MR) is 98.1 cm³/mol. The fourth-order valence-corrected chi connectivity index (χ4v) is 3.05. The normalized spacial score (nSPS) is 18.8. The molecule has 0 aromatic carbocycles. The maximum Gasteiger partial charge on any atom is 0.226 e. The summed E-state index contributed by atoms with van der Waals surface area (Å²) in [6.45, 7) is 9.72. The summed E-state index contributed by atoms with van der Waals surface area (Å²) in [5.74, 6) is 1.52. The molecular formula is C17H27N7O. The Kier molecular flexibility index (Phi) is 4.72. The number of imidazole rings is 1. The molecule has 1 saturated carbocycles. The van der Waals surface area contributed by atoms with Crippen LogP contribution in [0.25, 0.3) is 11.2 Å². The standard InChI is InChI=1S/C17H27N7O/c1-12(2)24-11-19-14-15(20-13-3-4-13)21-17(22-16(14)24)18-5-6-23-7-9-25-10-8-23/h11-13H,3-10H2,1-2H3,(H2,18,20,21,22). The number of hydrogen-bond acceptors (Lipinski definition) is 7. The number of nitrogens with one attached hydrogen (secondary N) is 2. The Bertz CT molecular complexity index is 719. The zero-order valence-electron chi connectivity index (χ0n) is 15.0. The molecule has 0 radical (unpaired) electrons. The van der Waals surface area contributed by atoms with Gasteiger partial charge >= 0.3 is 0 Å². The molecule has 3 heterocycles. The lowest BCUT2D eigenvalue weighted by atomic mass is 10.4. The molecule has 4 rings (SSSR count). The zero-order chi connectivity index (χ0) is 17.2. The third-order valence-electron chi connectivity index (χ3n) is 4.71. The van der Waals surface area contributed by atoms with Crippen LogP contribution in [0, 0.1) is 0 Å². The van der Waals surface area contributed by atoms with E-state index < -0.39 is 0 Å². The van der Waals surface area contributed by atoms with Gasteiger partial charge in [0, 0.05) is 38.3 Å². The van der Waals surface area contributed by atoms with Crippen LogP contribution in [0.5, 0.6) is 0 Å². The van der Waals surface area contributed by atoms with Crippen molar-refractivity contribution in [2.24, 2.45) is 0 Å². The molecule has 8 heteroatoms. The monoisotopic (exact) mass is 345 g/mol. The molecule has 2 aromatic heterocycles. The minimum Gasteiger partial charge on any atom is -0.379 e. The van der Waals surface area contributed by atoms with Gasteiger partial charge in [0.05, 0.1) is 19.5 Å². The summed E-state index contributed by atoms with van der Waals surface area (Å²) in [4.78, 5) is 16.3. The van der Waals surface area contributed by atoms with Crippen molar-refractivity contribution >= 4 is 22.9 Å². The molecule has 0 spiro atoms. The zero-order valence-corrected chi connectivity index (χ0v) is 15.0. The first-order chi connectivity index (χ1) is 12.2. The van der Waals surface area contributed by atoms with Crippen molar-refractivity contribution in [2.75, 3.05) is 50.0 Å². The van der Waals surface area contributed by atoms with Gasteiger partial charge in [-0.15, -0.1) is 0 Å². The summed E-state index contributed by atoms with van der Waals surface area (Å²) in [6, 6.07) is 0.846. The van der Waals surface area contributed by atoms with Gasteiger partial charge in [-0.2, -0.15) is 9.97 Å². The van der Waals surface area contributed by atoms with Crippen molar-refractivity contribution < 1.29 is 4.74 Å². The molecule has 1 saturated heterocycles. The molecule has 0 amide bonds. The first kappa shape index (κ1) is 16.5. The Morgan fingerprint density at radius 1 is 1.24 bits per heavy atom. The van der Waals surface area contributed by atoms with E-state index in [-0.39, 0.29) is 0 Å². The van der Waals surface area contributed by atoms with Gasteiger partial charge in [0.25, 0.3) is 0 Å². The predicted octanol–water partition coefficient (Wildman–Crippen LogP) is 1.73. The van der Waals surface area contributed by atoms with Gasteiger partial charge < -0.3 is 19.9 Å². The number of ether oxygens (including phenoxy) is 1. The first-order valence-electron chi connectivity index (χ1n) is 9.26. The lowest BCUT2D eigenvalue weighted by Crippen LogP contribution is -2.39. The molecule has 2 aliphatic rings. The lowest BCUT2D eigenvalue weighted by Gasteiger charge is -2.26. The fraction of sp³-hybridized carbons (Fsp3) is 0.706. The molecule has 0 unspecified atom stereocenters. The van der Waals surface area contributed by atoms with Crippen LogP contribution in [0.1, 0.15) is 32.7 Å². The van der Waals surface area contributed by atoms with Gasteiger partial charge in [0.2, 0.25) is 5.95 Å². The van der Waals surface area contributed by atoms with Crippen molar-refractivity contribution in [3.05, 3.63) is 6.33 Å². The van der Waals surface area contributed by atoms with Crippen LogP contribution in [0.15, 0.2) is 6.33 Å². The fourth-order valence-electron chi connectivity index (χ4n) is 3.05. The summed E-state index contributed by atoms with van der Waals surface area (Å²) in [6.07, 6.45) is 4.27. The molecule has 8 nitrogen and oxygen atoms in total. The van der Waals surface area contributed by atoms with Gasteiger partial charge in [-0.3, -0.25) is 4.90 Å². The third kappa shape index (κ3) is 3.85. The van der Waals surface area contributed by atoms with Crippen LogP contribution >= 0.6 is 0 Å². The molecule has 25 heavy (non-hydrogen) atoms. The van der Waals surface area contributed by atoms with Crippen LogP contribution in [0.3, 0.4) is 0 Å². The number of anilines is 2. The van der Waals surface area contributed by atoms with Crippen molar-refractivity contribution in [1.29, 1.82) is 0 Å². The SMILES string of the molecule is CC(C)n1cnc2c(NC3CC3)nc(NCCN3CCOCC3)nc21. The molecule has 136 valence electrons. The molecule has 1 aliphatic carbocycles. The van der Waals surface area contributed by atoms with E-state index in [1.54, 1.807) is 0 Å². The quantitative estimate of drug-likeness (QED) is 0.791. The smallest absolute Gasteiger partial charge is 0.226 e. The highest BCUT2D eigenvalue weighted by Crippen LogP contribution is 2.29. The Labute approximate surface area is 148 Å². The molecule has 1 aliphatic heterocycles. The molecule has 0 atom stereocenters. The van der Waals surface area contributed by atoms with Crippen molar-refractivity contribution in [3.8, 4) is 0 Å². The lowest BCUT2D eigenvalue weighted by molar-refractivity contribution is 0.0398. The second kappa shape index (κ2) is 7.13. The number of rotatable bonds is 7. The van der Waals surface area contributed by atoms with Crippen molar-refractivity contribution in [2.45, 2.75) is 38.8 Å². The van der Waals surface area contributed by atoms with E-state index >= 15 is 0 Å². The second-order valence-electron chi connectivity index (χ2n) is 7.11. The topological polar surface area (TPSA) is 80.1 Å². The highest BCUT2D eigenvalue weighted by atomic mass is 16.5. The van der Waals surface area contributed by atoms with Crippen LogP contribution in [0.2, 0.25) is 0 Å². The summed E-state index contributed by atoms with van der Waals surface area (Å²) in [7, 11) is 0. The van der Waals surface area contributed by atoms with E-state index in [0.717, 1.165) is 56.4 Å². The van der Waals surface area contributed by atoms with Crippen LogP contribution in [-0.4, -0.2) is 69.9 Å². The number of aromatic nitrogens is 4. The highest BCUT2D eigenvalue weighted by Gasteiger charge is 2.24. The van der Waals surface area contributed by atoms with Gasteiger partial charge in [-0.25, -0.2) is 4.98 Å². The van der Waals surface area contributed by atoms with Gasteiger partial charge in [0.1, 0.15) is 0 Å². The van der Waals surface area contributed by atoms with E-state index in [1.165, 1.54) is 12.8 Å². The minimum atomic E-state index is 0.315. The minimum absolute atomic E-state index is 0.315. The maximum atomic E-state index is 5.39. The Balaban J connectivity index is 1.51. The Hall–Kier alpha value is -1.93. The summed E-state index contributed by atoms with van der Waals surface area (Å²) >= 11 is 0. The van der Waals surface area contributed by atoms with Crippen LogP contribution in [-0.2, 0) is 4.74 Å². The maximum absolute atomic E-state index is 5.39. The molecular weight excluding hydrogens is 318 g/mol. The Morgan fingerprint density at radius 3 is 2.76 bits per heavy atom. The summed E-state index contributed by atoms with van der Waals surface area (Å²) < 4.78 is 7.49. The van der Waals surface area contributed by atoms with Gasteiger partial charge in [-0.05, 0) is 26.7 Å². The summed E-state index contributed by atoms with van der Waals surface area (Å²) in [5, 5.41) is 6.89. The largest absolute Gasteiger partial charge is 0.379 e. The van der Waals surface area contributed by atoms with E-state index in [1.807, 2.05) is 6.33 Å². The van der Waals surface area contributed by atoms with Crippen molar-refractivity contribution in [1.82, 2.24) is 24.4 Å². The van der Waals surface area contributed by atoms with E-state index in [9.17, 15) is 0 Å². The molecule has 2 N–H and O–H groups in total. The van der Waals surface area contributed by atoms with Crippen molar-refractivity contribution in [3.63, 3.8) is 0 Å². The highest BCUT2D eigenvalue weighted by molar-refractivity contribution is 5.84. The van der Waals surface area contributed by atoms with Gasteiger partial charge in [0.15, 0.2) is 17.0 Å². The van der Waals surface area contributed by atoms with Crippen LogP contribution in [0.4, 0.5) is 11.8 Å². The second-order valence-corrected chi connectivity index (χ2v) is 7.11. The molecule has 0 bridgehead atoms. The first-order valence-corrected chi connectivity index (χ1v) is 9.26. The average Bonchev–Trinajstić information content (AvgIpc) is 3.31. The summed E-state index contributed by atoms with van der Waals surface area (Å²) in [5.41, 5.74) is 1.75. The molecule has 2 aromatic rings. The number of nitrogens with zero attached hydrogens (tertiary/aromatic N) is 5. The third-order valence-corrected chi connectivity index (χ3v) is 4.71.